The van der Waals surface area contributed by atoms with Crippen LogP contribution in [0, 0.1) is 5.92 Å². The number of hydrogen-bond acceptors (Lipinski definition) is 1. The van der Waals surface area contributed by atoms with Crippen molar-refractivity contribution < 1.29 is 5.11 Å². The van der Waals surface area contributed by atoms with E-state index in [0.29, 0.717) is 5.92 Å². The van der Waals surface area contributed by atoms with Gasteiger partial charge in [-0.25, -0.2) is 0 Å². The molecule has 0 spiro atoms. The van der Waals surface area contributed by atoms with Gasteiger partial charge in [-0.3, -0.25) is 0 Å². The Labute approximate surface area is 82.5 Å². The van der Waals surface area contributed by atoms with E-state index in [1.54, 1.807) is 0 Å². The van der Waals surface area contributed by atoms with E-state index in [4.69, 9.17) is 0 Å². The Balaban J connectivity index is 1.99. The van der Waals surface area contributed by atoms with Gasteiger partial charge in [-0.15, -0.1) is 0 Å². The van der Waals surface area contributed by atoms with Crippen LogP contribution in [-0.4, -0.2) is 11.2 Å². The molecular weight excluding hydrogens is 160 g/mol. The molecule has 0 aromatic heterocycles. The molecule has 0 bridgehead atoms. The summed E-state index contributed by atoms with van der Waals surface area (Å²) in [5.41, 5.74) is 0. The Morgan fingerprint density at radius 1 is 1.15 bits per heavy atom. The first-order chi connectivity index (χ1) is 6.34. The van der Waals surface area contributed by atoms with Crippen molar-refractivity contribution in [3.8, 4) is 0 Å². The number of aliphatic hydroxyl groups is 1. The summed E-state index contributed by atoms with van der Waals surface area (Å²) in [6.45, 7) is 2.23. The minimum atomic E-state index is 0.0133. The smallest absolute Gasteiger partial charge is 0.0568 e. The highest BCUT2D eigenvalue weighted by Gasteiger charge is 2.22. The van der Waals surface area contributed by atoms with Gasteiger partial charge in [-0.05, 0) is 25.2 Å². The second-order valence-electron chi connectivity index (χ2n) is 4.46. The summed E-state index contributed by atoms with van der Waals surface area (Å²) >= 11 is 0. The Morgan fingerprint density at radius 2 is 1.85 bits per heavy atom. The Hall–Kier alpha value is -0.0400. The van der Waals surface area contributed by atoms with E-state index in [9.17, 15) is 5.11 Å². The molecule has 1 atom stereocenters. The maximum absolute atomic E-state index is 9.85. The number of rotatable bonds is 6. The van der Waals surface area contributed by atoms with E-state index in [-0.39, 0.29) is 6.10 Å². The average molecular weight is 184 g/mol. The van der Waals surface area contributed by atoms with Gasteiger partial charge < -0.3 is 5.11 Å². The predicted molar refractivity (Wildman–Crippen MR) is 56.7 cm³/mol. The third kappa shape index (κ3) is 4.12. The summed E-state index contributed by atoms with van der Waals surface area (Å²) in [5, 5.41) is 9.85. The lowest BCUT2D eigenvalue weighted by Gasteiger charge is -2.17. The van der Waals surface area contributed by atoms with Gasteiger partial charge in [0.15, 0.2) is 0 Å². The van der Waals surface area contributed by atoms with E-state index < -0.39 is 0 Å². The zero-order chi connectivity index (χ0) is 9.52. The number of hydrogen-bond donors (Lipinski definition) is 1. The summed E-state index contributed by atoms with van der Waals surface area (Å²) in [7, 11) is 0. The standard InChI is InChI=1S/C12H24O/c1-2-3-4-5-10-12(13)11-8-6-7-9-11/h11-13H,2-10H2,1H3. The zero-order valence-corrected chi connectivity index (χ0v) is 8.97. The topological polar surface area (TPSA) is 20.2 Å². The summed E-state index contributed by atoms with van der Waals surface area (Å²) in [6.07, 6.45) is 11.4. The molecule has 0 saturated heterocycles. The molecule has 0 amide bonds. The predicted octanol–water partition coefficient (Wildman–Crippen LogP) is 3.51. The Bertz CT molecular complexity index is 116. The molecule has 13 heavy (non-hydrogen) atoms. The molecule has 1 saturated carbocycles. The monoisotopic (exact) mass is 184 g/mol. The first-order valence-electron chi connectivity index (χ1n) is 6.02. The lowest BCUT2D eigenvalue weighted by molar-refractivity contribution is 0.0989. The fourth-order valence-corrected chi connectivity index (χ4v) is 2.36. The third-order valence-electron chi connectivity index (χ3n) is 3.30. The first-order valence-corrected chi connectivity index (χ1v) is 6.02. The largest absolute Gasteiger partial charge is 0.393 e. The second kappa shape index (κ2) is 6.42. The fourth-order valence-electron chi connectivity index (χ4n) is 2.36. The quantitative estimate of drug-likeness (QED) is 0.626. The molecule has 0 aliphatic heterocycles. The van der Waals surface area contributed by atoms with Gasteiger partial charge in [-0.2, -0.15) is 0 Å². The van der Waals surface area contributed by atoms with Crippen LogP contribution in [0.3, 0.4) is 0 Å². The summed E-state index contributed by atoms with van der Waals surface area (Å²) in [6, 6.07) is 0. The maximum atomic E-state index is 9.85. The SMILES string of the molecule is CCCCCCC(O)C1CCCC1. The summed E-state index contributed by atoms with van der Waals surface area (Å²) < 4.78 is 0. The van der Waals surface area contributed by atoms with Gasteiger partial charge >= 0.3 is 0 Å². The maximum Gasteiger partial charge on any atom is 0.0568 e. The molecule has 0 aromatic carbocycles. The number of aliphatic hydroxyl groups excluding tert-OH is 1. The van der Waals surface area contributed by atoms with Crippen molar-refractivity contribution >= 4 is 0 Å². The van der Waals surface area contributed by atoms with Crippen molar-refractivity contribution in [2.24, 2.45) is 5.92 Å². The molecule has 1 fully saturated rings. The van der Waals surface area contributed by atoms with Gasteiger partial charge in [0.2, 0.25) is 0 Å². The lowest BCUT2D eigenvalue weighted by atomic mass is 9.96. The molecule has 1 heteroatoms. The number of unbranched alkanes of at least 4 members (excludes halogenated alkanes) is 3. The van der Waals surface area contributed by atoms with Crippen molar-refractivity contribution in [2.75, 3.05) is 0 Å². The molecule has 1 unspecified atom stereocenters. The second-order valence-corrected chi connectivity index (χ2v) is 4.46. The van der Waals surface area contributed by atoms with E-state index >= 15 is 0 Å². The zero-order valence-electron chi connectivity index (χ0n) is 8.97. The molecule has 1 rings (SSSR count). The lowest BCUT2D eigenvalue weighted by Crippen LogP contribution is -2.17. The molecule has 1 aliphatic rings. The van der Waals surface area contributed by atoms with Gasteiger partial charge in [0.25, 0.3) is 0 Å². The molecular formula is C12H24O. The van der Waals surface area contributed by atoms with Crippen LogP contribution in [0.15, 0.2) is 0 Å². The van der Waals surface area contributed by atoms with Gasteiger partial charge in [0.05, 0.1) is 6.10 Å². The van der Waals surface area contributed by atoms with Crippen LogP contribution in [0.1, 0.15) is 64.7 Å². The van der Waals surface area contributed by atoms with Gasteiger partial charge in [0, 0.05) is 0 Å². The van der Waals surface area contributed by atoms with Crippen molar-refractivity contribution in [3.63, 3.8) is 0 Å². The van der Waals surface area contributed by atoms with E-state index in [1.165, 1.54) is 51.4 Å². The van der Waals surface area contributed by atoms with Crippen LogP contribution in [0.2, 0.25) is 0 Å². The van der Waals surface area contributed by atoms with E-state index in [0.717, 1.165) is 6.42 Å². The van der Waals surface area contributed by atoms with Crippen LogP contribution >= 0.6 is 0 Å². The van der Waals surface area contributed by atoms with Crippen molar-refractivity contribution in [1.29, 1.82) is 0 Å². The minimum absolute atomic E-state index is 0.0133. The van der Waals surface area contributed by atoms with E-state index in [2.05, 4.69) is 6.92 Å². The molecule has 0 heterocycles. The van der Waals surface area contributed by atoms with E-state index in [1.807, 2.05) is 0 Å². The Kier molecular flexibility index (Phi) is 5.45. The molecule has 78 valence electrons. The normalized spacial score (nSPS) is 20.8. The minimum Gasteiger partial charge on any atom is -0.393 e. The summed E-state index contributed by atoms with van der Waals surface area (Å²) in [4.78, 5) is 0. The molecule has 0 aromatic rings. The highest BCUT2D eigenvalue weighted by Crippen LogP contribution is 2.29. The molecule has 1 aliphatic carbocycles. The van der Waals surface area contributed by atoms with Crippen molar-refractivity contribution in [1.82, 2.24) is 0 Å². The van der Waals surface area contributed by atoms with Crippen LogP contribution in [0.25, 0.3) is 0 Å². The van der Waals surface area contributed by atoms with Crippen LogP contribution < -0.4 is 0 Å². The Morgan fingerprint density at radius 3 is 2.46 bits per heavy atom. The van der Waals surface area contributed by atoms with Crippen molar-refractivity contribution in [2.45, 2.75) is 70.8 Å². The average Bonchev–Trinajstić information content (AvgIpc) is 2.65. The van der Waals surface area contributed by atoms with Gasteiger partial charge in [-0.1, -0.05) is 45.4 Å². The van der Waals surface area contributed by atoms with Crippen LogP contribution in [-0.2, 0) is 0 Å². The summed E-state index contributed by atoms with van der Waals surface area (Å²) in [5.74, 6) is 0.640. The third-order valence-corrected chi connectivity index (χ3v) is 3.30. The van der Waals surface area contributed by atoms with Crippen LogP contribution in [0.5, 0.6) is 0 Å². The highest BCUT2D eigenvalue weighted by molar-refractivity contribution is 4.74. The molecule has 1 N–H and O–H groups in total. The highest BCUT2D eigenvalue weighted by atomic mass is 16.3. The van der Waals surface area contributed by atoms with Gasteiger partial charge in [0.1, 0.15) is 0 Å². The van der Waals surface area contributed by atoms with Crippen LogP contribution in [0.4, 0.5) is 0 Å². The first kappa shape index (κ1) is 11.0. The molecule has 1 nitrogen and oxygen atoms in total. The van der Waals surface area contributed by atoms with Crippen molar-refractivity contribution in [3.05, 3.63) is 0 Å². The molecule has 0 radical (unpaired) electrons. The fraction of sp³-hybridized carbons (Fsp3) is 1.00.